The summed E-state index contributed by atoms with van der Waals surface area (Å²) in [5, 5.41) is 3.85. The van der Waals surface area contributed by atoms with Crippen LogP contribution < -0.4 is 10.1 Å². The van der Waals surface area contributed by atoms with Gasteiger partial charge >= 0.3 is 0 Å². The molecular formula is C14H15BrClN3O. The molecule has 0 fully saturated rings. The number of ether oxygens (including phenoxy) is 1. The van der Waals surface area contributed by atoms with Crippen LogP contribution >= 0.6 is 27.5 Å². The number of hydrogen-bond donors (Lipinski definition) is 1. The maximum Gasteiger partial charge on any atom is 0.142 e. The number of anilines is 2. The number of nitrogens with zero attached hydrogens (tertiary/aromatic N) is 2. The lowest BCUT2D eigenvalue weighted by molar-refractivity contribution is 0.417. The molecule has 0 aliphatic carbocycles. The molecule has 2 aromatic rings. The van der Waals surface area contributed by atoms with E-state index < -0.39 is 0 Å². The zero-order valence-corrected chi connectivity index (χ0v) is 13.6. The maximum absolute atomic E-state index is 6.01. The van der Waals surface area contributed by atoms with Crippen LogP contribution in [-0.2, 0) is 6.42 Å². The topological polar surface area (TPSA) is 47.0 Å². The summed E-state index contributed by atoms with van der Waals surface area (Å²) in [4.78, 5) is 8.81. The lowest BCUT2D eigenvalue weighted by atomic mass is 10.3. The number of nitrogens with one attached hydrogen (secondary N) is 1. The lowest BCUT2D eigenvalue weighted by Gasteiger charge is -2.12. The smallest absolute Gasteiger partial charge is 0.142 e. The molecule has 4 nitrogen and oxygen atoms in total. The second-order valence-corrected chi connectivity index (χ2v) is 5.46. The van der Waals surface area contributed by atoms with Crippen molar-refractivity contribution in [3.63, 3.8) is 0 Å². The van der Waals surface area contributed by atoms with Crippen LogP contribution in [-0.4, -0.2) is 17.1 Å². The van der Waals surface area contributed by atoms with Gasteiger partial charge in [0.15, 0.2) is 0 Å². The largest absolute Gasteiger partial charge is 0.495 e. The summed E-state index contributed by atoms with van der Waals surface area (Å²) in [6, 6.07) is 7.22. The van der Waals surface area contributed by atoms with Gasteiger partial charge in [-0.05, 0) is 40.5 Å². The molecule has 0 radical (unpaired) electrons. The van der Waals surface area contributed by atoms with Crippen LogP contribution in [0.3, 0.4) is 0 Å². The maximum atomic E-state index is 6.01. The van der Waals surface area contributed by atoms with Crippen LogP contribution in [0.1, 0.15) is 19.2 Å². The molecule has 6 heteroatoms. The average molecular weight is 357 g/mol. The number of hydrogen-bond acceptors (Lipinski definition) is 4. The molecule has 0 spiro atoms. The SMILES string of the molecule is CCCc1nc(Br)cc(Nc2cc(Cl)ccc2OC)n1. The summed E-state index contributed by atoms with van der Waals surface area (Å²) in [6.45, 7) is 2.09. The fourth-order valence-corrected chi connectivity index (χ4v) is 2.37. The van der Waals surface area contributed by atoms with Gasteiger partial charge in [-0.25, -0.2) is 9.97 Å². The number of aryl methyl sites for hydroxylation is 1. The summed E-state index contributed by atoms with van der Waals surface area (Å²) < 4.78 is 6.05. The molecule has 0 bridgehead atoms. The summed E-state index contributed by atoms with van der Waals surface area (Å²) >= 11 is 9.41. The molecule has 106 valence electrons. The minimum absolute atomic E-state index is 0.634. The Balaban J connectivity index is 2.31. The van der Waals surface area contributed by atoms with Crippen molar-refractivity contribution in [3.05, 3.63) is 39.7 Å². The van der Waals surface area contributed by atoms with Crippen molar-refractivity contribution in [1.29, 1.82) is 0 Å². The van der Waals surface area contributed by atoms with Gasteiger partial charge in [0.2, 0.25) is 0 Å². The molecule has 1 aromatic carbocycles. The number of rotatable bonds is 5. The van der Waals surface area contributed by atoms with Gasteiger partial charge in [-0.15, -0.1) is 0 Å². The number of methoxy groups -OCH3 is 1. The van der Waals surface area contributed by atoms with Gasteiger partial charge in [0.05, 0.1) is 12.8 Å². The lowest BCUT2D eigenvalue weighted by Crippen LogP contribution is -2.01. The zero-order chi connectivity index (χ0) is 14.5. The van der Waals surface area contributed by atoms with E-state index in [-0.39, 0.29) is 0 Å². The number of halogens is 2. The average Bonchev–Trinajstić information content (AvgIpc) is 2.38. The van der Waals surface area contributed by atoms with E-state index in [1.807, 2.05) is 12.1 Å². The molecule has 1 heterocycles. The van der Waals surface area contributed by atoms with E-state index in [0.717, 1.165) is 29.0 Å². The number of benzene rings is 1. The summed E-state index contributed by atoms with van der Waals surface area (Å²) in [7, 11) is 1.62. The third kappa shape index (κ3) is 3.84. The minimum Gasteiger partial charge on any atom is -0.495 e. The minimum atomic E-state index is 0.634. The highest BCUT2D eigenvalue weighted by molar-refractivity contribution is 9.10. The van der Waals surface area contributed by atoms with Crippen LogP contribution in [0.4, 0.5) is 11.5 Å². The van der Waals surface area contributed by atoms with E-state index in [1.54, 1.807) is 19.2 Å². The van der Waals surface area contributed by atoms with E-state index in [2.05, 4.69) is 38.1 Å². The molecule has 1 N–H and O–H groups in total. The first-order valence-electron chi connectivity index (χ1n) is 6.26. The Labute approximate surface area is 131 Å². The van der Waals surface area contributed by atoms with Gasteiger partial charge in [0.1, 0.15) is 22.0 Å². The summed E-state index contributed by atoms with van der Waals surface area (Å²) in [5.41, 5.74) is 0.771. The van der Waals surface area contributed by atoms with Crippen molar-refractivity contribution in [1.82, 2.24) is 9.97 Å². The monoisotopic (exact) mass is 355 g/mol. The second-order valence-electron chi connectivity index (χ2n) is 4.21. The van der Waals surface area contributed by atoms with Crippen molar-refractivity contribution in [3.8, 4) is 5.75 Å². The Hall–Kier alpha value is -1.33. The van der Waals surface area contributed by atoms with Crippen LogP contribution in [0, 0.1) is 0 Å². The van der Waals surface area contributed by atoms with Gasteiger partial charge in [-0.2, -0.15) is 0 Å². The third-order valence-electron chi connectivity index (χ3n) is 2.64. The molecular weight excluding hydrogens is 342 g/mol. The zero-order valence-electron chi connectivity index (χ0n) is 11.3. The quantitative estimate of drug-likeness (QED) is 0.796. The van der Waals surface area contributed by atoms with Gasteiger partial charge in [0, 0.05) is 17.5 Å². The van der Waals surface area contributed by atoms with E-state index in [9.17, 15) is 0 Å². The predicted molar refractivity (Wildman–Crippen MR) is 85.0 cm³/mol. The molecule has 0 aliphatic rings. The van der Waals surface area contributed by atoms with Gasteiger partial charge in [-0.1, -0.05) is 18.5 Å². The van der Waals surface area contributed by atoms with Crippen molar-refractivity contribution in [2.45, 2.75) is 19.8 Å². The van der Waals surface area contributed by atoms with Gasteiger partial charge < -0.3 is 10.1 Å². The Bertz CT molecular complexity index is 607. The molecule has 1 aromatic heterocycles. The third-order valence-corrected chi connectivity index (χ3v) is 3.28. The molecule has 0 unspecified atom stereocenters. The highest BCUT2D eigenvalue weighted by atomic mass is 79.9. The Morgan fingerprint density at radius 2 is 2.10 bits per heavy atom. The molecule has 2 rings (SSSR count). The molecule has 0 amide bonds. The highest BCUT2D eigenvalue weighted by Gasteiger charge is 2.07. The van der Waals surface area contributed by atoms with E-state index in [4.69, 9.17) is 16.3 Å². The standard InChI is InChI=1S/C14H15BrClN3O/c1-3-4-13-18-12(15)8-14(19-13)17-10-7-9(16)5-6-11(10)20-2/h5-8H,3-4H2,1-2H3,(H,17,18,19). The normalized spacial score (nSPS) is 10.4. The fraction of sp³-hybridized carbons (Fsp3) is 0.286. The molecule has 0 saturated heterocycles. The number of aromatic nitrogens is 2. The van der Waals surface area contributed by atoms with Crippen LogP contribution in [0.2, 0.25) is 5.02 Å². The van der Waals surface area contributed by atoms with Crippen molar-refractivity contribution < 1.29 is 4.74 Å². The van der Waals surface area contributed by atoms with Crippen LogP contribution in [0.25, 0.3) is 0 Å². The van der Waals surface area contributed by atoms with E-state index in [1.165, 1.54) is 0 Å². The van der Waals surface area contributed by atoms with Crippen molar-refractivity contribution >= 4 is 39.0 Å². The highest BCUT2D eigenvalue weighted by Crippen LogP contribution is 2.30. The first kappa shape index (κ1) is 15.1. The van der Waals surface area contributed by atoms with Crippen molar-refractivity contribution in [2.24, 2.45) is 0 Å². The fourth-order valence-electron chi connectivity index (χ4n) is 1.78. The van der Waals surface area contributed by atoms with Gasteiger partial charge in [0.25, 0.3) is 0 Å². The summed E-state index contributed by atoms with van der Waals surface area (Å²) in [5.74, 6) is 2.21. The van der Waals surface area contributed by atoms with E-state index in [0.29, 0.717) is 16.6 Å². The van der Waals surface area contributed by atoms with Crippen molar-refractivity contribution in [2.75, 3.05) is 12.4 Å². The van der Waals surface area contributed by atoms with Crippen LogP contribution in [0.5, 0.6) is 5.75 Å². The molecule has 0 aliphatic heterocycles. The Kier molecular flexibility index (Phi) is 5.20. The second kappa shape index (κ2) is 6.90. The molecule has 0 saturated carbocycles. The Morgan fingerprint density at radius 3 is 2.80 bits per heavy atom. The molecule has 20 heavy (non-hydrogen) atoms. The molecule has 0 atom stereocenters. The first-order valence-corrected chi connectivity index (χ1v) is 7.43. The Morgan fingerprint density at radius 1 is 1.30 bits per heavy atom. The summed E-state index contributed by atoms with van der Waals surface area (Å²) in [6.07, 6.45) is 1.83. The predicted octanol–water partition coefficient (Wildman–Crippen LogP) is 4.60. The van der Waals surface area contributed by atoms with Gasteiger partial charge in [-0.3, -0.25) is 0 Å². The first-order chi connectivity index (χ1) is 9.62. The van der Waals surface area contributed by atoms with Crippen LogP contribution in [0.15, 0.2) is 28.9 Å². The van der Waals surface area contributed by atoms with E-state index >= 15 is 0 Å².